The quantitative estimate of drug-likeness (QED) is 0.864. The SMILES string of the molecule is C=C1CC(F)(F)CN1C(=O)c1csc(C(=O)NC2CC(C)(O)C2)n1. The summed E-state index contributed by atoms with van der Waals surface area (Å²) in [5, 5.41) is 13.8. The maximum atomic E-state index is 13.3. The van der Waals surface area contributed by atoms with E-state index in [0.717, 1.165) is 16.2 Å². The maximum absolute atomic E-state index is 13.3. The number of nitrogens with zero attached hydrogens (tertiary/aromatic N) is 2. The highest BCUT2D eigenvalue weighted by atomic mass is 32.1. The molecular formula is C15H17F2N3O3S. The lowest BCUT2D eigenvalue weighted by Gasteiger charge is -2.40. The Morgan fingerprint density at radius 2 is 2.17 bits per heavy atom. The summed E-state index contributed by atoms with van der Waals surface area (Å²) >= 11 is 0.972. The Labute approximate surface area is 141 Å². The zero-order valence-corrected chi connectivity index (χ0v) is 13.8. The van der Waals surface area contributed by atoms with Gasteiger partial charge in [-0.25, -0.2) is 13.8 Å². The summed E-state index contributed by atoms with van der Waals surface area (Å²) in [5.41, 5.74) is -0.770. The number of alkyl halides is 2. The molecule has 1 aliphatic carbocycles. The lowest BCUT2D eigenvalue weighted by Crippen LogP contribution is -2.53. The number of carbonyl (C=O) groups excluding carboxylic acids is 2. The molecule has 3 rings (SSSR count). The second kappa shape index (κ2) is 5.59. The van der Waals surface area contributed by atoms with E-state index in [1.165, 1.54) is 5.38 Å². The Morgan fingerprint density at radius 3 is 2.71 bits per heavy atom. The van der Waals surface area contributed by atoms with E-state index < -0.39 is 36.3 Å². The molecule has 2 N–H and O–H groups in total. The number of hydrogen-bond acceptors (Lipinski definition) is 5. The van der Waals surface area contributed by atoms with Gasteiger partial charge in [0.05, 0.1) is 18.6 Å². The first-order chi connectivity index (χ1) is 11.1. The third kappa shape index (κ3) is 3.32. The van der Waals surface area contributed by atoms with Gasteiger partial charge in [0.1, 0.15) is 5.69 Å². The van der Waals surface area contributed by atoms with Crippen molar-refractivity contribution in [2.75, 3.05) is 6.54 Å². The number of aliphatic hydroxyl groups is 1. The first-order valence-corrected chi connectivity index (χ1v) is 8.31. The summed E-state index contributed by atoms with van der Waals surface area (Å²) in [7, 11) is 0. The number of nitrogens with one attached hydrogen (secondary N) is 1. The number of halogens is 2. The van der Waals surface area contributed by atoms with Crippen LogP contribution in [-0.4, -0.2) is 50.9 Å². The first-order valence-electron chi connectivity index (χ1n) is 7.43. The normalized spacial score (nSPS) is 28.6. The van der Waals surface area contributed by atoms with Gasteiger partial charge >= 0.3 is 0 Å². The molecule has 2 heterocycles. The molecule has 0 spiro atoms. The van der Waals surface area contributed by atoms with Gasteiger partial charge in [-0.3, -0.25) is 9.59 Å². The number of thiazole rings is 1. The van der Waals surface area contributed by atoms with Crippen molar-refractivity contribution in [2.24, 2.45) is 0 Å². The van der Waals surface area contributed by atoms with Gasteiger partial charge in [0.15, 0.2) is 5.01 Å². The largest absolute Gasteiger partial charge is 0.390 e. The highest BCUT2D eigenvalue weighted by molar-refractivity contribution is 7.11. The zero-order chi connectivity index (χ0) is 17.7. The van der Waals surface area contributed by atoms with Crippen LogP contribution >= 0.6 is 11.3 Å². The number of carbonyl (C=O) groups is 2. The van der Waals surface area contributed by atoms with Crippen LogP contribution < -0.4 is 5.32 Å². The molecule has 0 radical (unpaired) electrons. The molecule has 6 nitrogen and oxygen atoms in total. The van der Waals surface area contributed by atoms with Gasteiger partial charge in [-0.05, 0) is 19.8 Å². The van der Waals surface area contributed by atoms with Crippen molar-refractivity contribution < 1.29 is 23.5 Å². The molecule has 1 aromatic heterocycles. The predicted molar refractivity (Wildman–Crippen MR) is 83.0 cm³/mol. The lowest BCUT2D eigenvalue weighted by molar-refractivity contribution is -0.0367. The van der Waals surface area contributed by atoms with Gasteiger partial charge in [0.25, 0.3) is 17.7 Å². The van der Waals surface area contributed by atoms with Crippen molar-refractivity contribution >= 4 is 23.2 Å². The fourth-order valence-corrected chi connectivity index (χ4v) is 3.67. The molecule has 1 saturated carbocycles. The molecule has 0 bridgehead atoms. The Morgan fingerprint density at radius 1 is 1.50 bits per heavy atom. The molecule has 2 amide bonds. The smallest absolute Gasteiger partial charge is 0.280 e. The van der Waals surface area contributed by atoms with Crippen LogP contribution in [0.25, 0.3) is 0 Å². The summed E-state index contributed by atoms with van der Waals surface area (Å²) in [6.07, 6.45) is 0.356. The van der Waals surface area contributed by atoms with Crippen LogP contribution in [0.2, 0.25) is 0 Å². The monoisotopic (exact) mass is 357 g/mol. The number of hydrogen-bond donors (Lipinski definition) is 2. The van der Waals surface area contributed by atoms with Gasteiger partial charge in [-0.15, -0.1) is 11.3 Å². The average Bonchev–Trinajstić information content (AvgIpc) is 3.00. The van der Waals surface area contributed by atoms with Crippen LogP contribution in [0.3, 0.4) is 0 Å². The molecule has 0 unspecified atom stereocenters. The van der Waals surface area contributed by atoms with E-state index in [9.17, 15) is 23.5 Å². The minimum Gasteiger partial charge on any atom is -0.390 e. The standard InChI is InChI=1S/C15H17F2N3O3S/c1-8-3-15(16,17)7-20(8)13(22)10-6-24-12(19-10)11(21)18-9-4-14(2,23)5-9/h6,9,23H,1,3-5,7H2,2H3,(H,18,21). The predicted octanol–water partition coefficient (Wildman–Crippen LogP) is 1.78. The molecule has 2 fully saturated rings. The molecule has 1 aromatic rings. The number of amides is 2. The van der Waals surface area contributed by atoms with Crippen LogP contribution in [0.1, 0.15) is 46.5 Å². The van der Waals surface area contributed by atoms with Crippen molar-refractivity contribution in [2.45, 2.75) is 43.8 Å². The van der Waals surface area contributed by atoms with Gasteiger partial charge in [0.2, 0.25) is 0 Å². The number of likely N-dealkylation sites (tertiary alicyclic amines) is 1. The third-order valence-corrected chi connectivity index (χ3v) is 4.95. The van der Waals surface area contributed by atoms with Gasteiger partial charge in [0, 0.05) is 17.1 Å². The van der Waals surface area contributed by atoms with Crippen molar-refractivity contribution in [3.63, 3.8) is 0 Å². The van der Waals surface area contributed by atoms with Crippen LogP contribution in [-0.2, 0) is 0 Å². The zero-order valence-electron chi connectivity index (χ0n) is 13.0. The minimum atomic E-state index is -2.98. The van der Waals surface area contributed by atoms with E-state index in [1.54, 1.807) is 6.92 Å². The van der Waals surface area contributed by atoms with Gasteiger partial charge in [-0.1, -0.05) is 6.58 Å². The van der Waals surface area contributed by atoms with Crippen LogP contribution in [0.5, 0.6) is 0 Å². The summed E-state index contributed by atoms with van der Waals surface area (Å²) in [5.74, 6) is -4.10. The Hall–Kier alpha value is -1.87. The van der Waals surface area contributed by atoms with Crippen molar-refractivity contribution in [3.05, 3.63) is 28.4 Å². The second-order valence-corrected chi connectivity index (χ2v) is 7.46. The maximum Gasteiger partial charge on any atom is 0.280 e. The molecule has 24 heavy (non-hydrogen) atoms. The Bertz CT molecular complexity index is 709. The van der Waals surface area contributed by atoms with Crippen molar-refractivity contribution in [1.29, 1.82) is 0 Å². The average molecular weight is 357 g/mol. The molecule has 130 valence electrons. The van der Waals surface area contributed by atoms with Crippen molar-refractivity contribution in [3.8, 4) is 0 Å². The van der Waals surface area contributed by atoms with E-state index in [-0.39, 0.29) is 22.4 Å². The number of aromatic nitrogens is 1. The lowest BCUT2D eigenvalue weighted by atomic mass is 9.77. The van der Waals surface area contributed by atoms with Crippen LogP contribution in [0.4, 0.5) is 8.78 Å². The fourth-order valence-electron chi connectivity index (χ4n) is 2.97. The summed E-state index contributed by atoms with van der Waals surface area (Å²) in [6, 6.07) is -0.132. The van der Waals surface area contributed by atoms with E-state index >= 15 is 0 Å². The third-order valence-electron chi connectivity index (χ3n) is 4.10. The van der Waals surface area contributed by atoms with Gasteiger partial charge < -0.3 is 15.3 Å². The van der Waals surface area contributed by atoms with E-state index in [4.69, 9.17) is 0 Å². The van der Waals surface area contributed by atoms with Crippen LogP contribution in [0, 0.1) is 0 Å². The number of allylic oxidation sites excluding steroid dienone is 1. The molecule has 9 heteroatoms. The minimum absolute atomic E-state index is 0.0423. The van der Waals surface area contributed by atoms with Gasteiger partial charge in [-0.2, -0.15) is 0 Å². The van der Waals surface area contributed by atoms with E-state index in [1.807, 2.05) is 0 Å². The molecule has 2 aliphatic rings. The Kier molecular flexibility index (Phi) is 3.95. The fraction of sp³-hybridized carbons (Fsp3) is 0.533. The Balaban J connectivity index is 1.64. The molecular weight excluding hydrogens is 340 g/mol. The van der Waals surface area contributed by atoms with E-state index in [0.29, 0.717) is 12.8 Å². The molecule has 0 atom stereocenters. The molecule has 1 saturated heterocycles. The van der Waals surface area contributed by atoms with Crippen molar-refractivity contribution in [1.82, 2.24) is 15.2 Å². The molecule has 0 aromatic carbocycles. The molecule has 1 aliphatic heterocycles. The highest BCUT2D eigenvalue weighted by Gasteiger charge is 2.44. The summed E-state index contributed by atoms with van der Waals surface area (Å²) in [6.45, 7) is 4.46. The first kappa shape index (κ1) is 17.0. The topological polar surface area (TPSA) is 82.5 Å². The summed E-state index contributed by atoms with van der Waals surface area (Å²) in [4.78, 5) is 29.2. The number of rotatable bonds is 3. The summed E-state index contributed by atoms with van der Waals surface area (Å²) < 4.78 is 26.7. The van der Waals surface area contributed by atoms with Crippen LogP contribution in [0.15, 0.2) is 17.7 Å². The second-order valence-electron chi connectivity index (χ2n) is 6.60. The van der Waals surface area contributed by atoms with E-state index in [2.05, 4.69) is 16.9 Å². The highest BCUT2D eigenvalue weighted by Crippen LogP contribution is 2.35.